The second-order valence-electron chi connectivity index (χ2n) is 6.61. The number of hydrogen-bond acceptors (Lipinski definition) is 4. The Bertz CT molecular complexity index is 381. The Morgan fingerprint density at radius 2 is 2.27 bits per heavy atom. The van der Waals surface area contributed by atoms with Crippen LogP contribution < -0.4 is 0 Å². The molecule has 0 aromatic heterocycles. The lowest BCUT2D eigenvalue weighted by Gasteiger charge is -2.41. The first-order valence-corrected chi connectivity index (χ1v) is 10.1. The van der Waals surface area contributed by atoms with Gasteiger partial charge < -0.3 is 19.1 Å². The van der Waals surface area contributed by atoms with E-state index in [-0.39, 0.29) is 35.6 Å². The fourth-order valence-electron chi connectivity index (χ4n) is 3.54. The van der Waals surface area contributed by atoms with Gasteiger partial charge in [-0.1, -0.05) is 36.1 Å². The molecule has 4 nitrogen and oxygen atoms in total. The average molecular weight is 442 g/mol. The van der Waals surface area contributed by atoms with Crippen LogP contribution in [0, 0.1) is 5.92 Å². The summed E-state index contributed by atoms with van der Waals surface area (Å²) < 4.78 is 18.7. The van der Waals surface area contributed by atoms with E-state index >= 15 is 0 Å². The molecule has 6 heteroatoms. The van der Waals surface area contributed by atoms with Gasteiger partial charge in [-0.2, -0.15) is 0 Å². The first-order chi connectivity index (χ1) is 10.5. The number of fused-ring (bicyclic) bond motifs is 1. The monoisotopic (exact) mass is 442 g/mol. The van der Waals surface area contributed by atoms with Gasteiger partial charge in [-0.05, 0) is 32.1 Å². The van der Waals surface area contributed by atoms with Gasteiger partial charge in [0.1, 0.15) is 5.60 Å². The maximum atomic E-state index is 9.53. The van der Waals surface area contributed by atoms with Gasteiger partial charge in [-0.25, -0.2) is 0 Å². The molecule has 1 N–H and O–H groups in total. The summed E-state index contributed by atoms with van der Waals surface area (Å²) in [6, 6.07) is 0. The number of hydrogen-bond donors (Lipinski definition) is 1. The highest BCUT2D eigenvalue weighted by Crippen LogP contribution is 2.45. The molecule has 0 aliphatic carbocycles. The molecule has 0 radical (unpaired) electrons. The largest absolute Gasteiger partial charge is 0.513 e. The fraction of sp³-hybridized carbons (Fsp3) is 0.875. The van der Waals surface area contributed by atoms with E-state index in [2.05, 4.69) is 38.6 Å². The van der Waals surface area contributed by atoms with Crippen molar-refractivity contribution in [3.8, 4) is 0 Å². The van der Waals surface area contributed by atoms with Crippen molar-refractivity contribution in [1.29, 1.82) is 0 Å². The van der Waals surface area contributed by atoms with E-state index in [4.69, 9.17) is 14.0 Å². The second-order valence-corrected chi connectivity index (χ2v) is 7.70. The van der Waals surface area contributed by atoms with Crippen LogP contribution in [0.5, 0.6) is 0 Å². The minimum atomic E-state index is -0.146. The summed E-state index contributed by atoms with van der Waals surface area (Å²) in [5.41, 5.74) is -0.146. The number of halogens is 1. The minimum Gasteiger partial charge on any atom is -0.513 e. The minimum absolute atomic E-state index is 0.0881. The molecule has 2 heterocycles. The molecule has 2 aliphatic rings. The van der Waals surface area contributed by atoms with E-state index in [9.17, 15) is 5.11 Å². The zero-order valence-electron chi connectivity index (χ0n) is 13.3. The third kappa shape index (κ3) is 4.56. The first-order valence-electron chi connectivity index (χ1n) is 8.09. The summed E-state index contributed by atoms with van der Waals surface area (Å²) >= 11 is 2.43. The third-order valence-corrected chi connectivity index (χ3v) is 6.40. The predicted octanol–water partition coefficient (Wildman–Crippen LogP) is 4.18. The molecular formula is C16H28IO4P. The number of alkyl halides is 1. The molecule has 0 saturated carbocycles. The maximum absolute atomic E-state index is 9.53. The SMILES string of the molecule is C=C(O)[C@H](C)C[C@H]1CC[C@@H]2O[C@@H](CCCOP)C[C@]2(CI)O1. The van der Waals surface area contributed by atoms with Crippen LogP contribution in [0.1, 0.15) is 45.4 Å². The molecule has 0 aromatic rings. The van der Waals surface area contributed by atoms with Crippen LogP contribution in [0.4, 0.5) is 0 Å². The fourth-order valence-corrected chi connectivity index (χ4v) is 4.69. The third-order valence-electron chi connectivity index (χ3n) is 4.87. The smallest absolute Gasteiger partial charge is 0.106 e. The summed E-state index contributed by atoms with van der Waals surface area (Å²) in [5.74, 6) is 0.345. The van der Waals surface area contributed by atoms with Gasteiger partial charge in [0.25, 0.3) is 0 Å². The predicted molar refractivity (Wildman–Crippen MR) is 99.4 cm³/mol. The lowest BCUT2D eigenvalue weighted by atomic mass is 9.86. The number of ether oxygens (including phenoxy) is 2. The standard InChI is InChI=1S/C16H28IO4P/c1-11(12(2)18)8-13-5-6-15-16(10-17,21-13)9-14(20-15)4-3-7-19-22/h11,13-15,18H,2-10,22H2,1H3/t11-,13-,14+,15+,16-/m1/s1. The molecule has 0 spiro atoms. The van der Waals surface area contributed by atoms with Crippen molar-refractivity contribution in [2.24, 2.45) is 5.92 Å². The van der Waals surface area contributed by atoms with Crippen LogP contribution in [0.3, 0.4) is 0 Å². The van der Waals surface area contributed by atoms with E-state index in [0.717, 1.165) is 49.6 Å². The molecule has 0 amide bonds. The van der Waals surface area contributed by atoms with Gasteiger partial charge in [0, 0.05) is 26.2 Å². The van der Waals surface area contributed by atoms with Crippen LogP contribution in [-0.2, 0) is 14.0 Å². The van der Waals surface area contributed by atoms with Gasteiger partial charge in [-0.15, -0.1) is 0 Å². The van der Waals surface area contributed by atoms with Gasteiger partial charge in [-0.3, -0.25) is 0 Å². The Labute approximate surface area is 149 Å². The van der Waals surface area contributed by atoms with Crippen LogP contribution in [0.25, 0.3) is 0 Å². The highest BCUT2D eigenvalue weighted by atomic mass is 127. The molecule has 128 valence electrons. The Kier molecular flexibility index (Phi) is 7.40. The van der Waals surface area contributed by atoms with Crippen LogP contribution in [-0.4, -0.2) is 40.1 Å². The van der Waals surface area contributed by atoms with E-state index in [1.807, 2.05) is 6.92 Å². The molecule has 2 saturated heterocycles. The molecule has 6 atom stereocenters. The van der Waals surface area contributed by atoms with Crippen molar-refractivity contribution >= 4 is 32.1 Å². The molecular weight excluding hydrogens is 414 g/mol. The van der Waals surface area contributed by atoms with E-state index in [1.54, 1.807) is 0 Å². The number of aliphatic hydroxyl groups excluding tert-OH is 1. The molecule has 0 aromatic carbocycles. The Hall–Kier alpha value is 0.580. The summed E-state index contributed by atoms with van der Waals surface area (Å²) in [4.78, 5) is 0. The number of aliphatic hydroxyl groups is 1. The number of rotatable bonds is 8. The van der Waals surface area contributed by atoms with Crippen molar-refractivity contribution in [3.63, 3.8) is 0 Å². The van der Waals surface area contributed by atoms with Crippen molar-refractivity contribution in [1.82, 2.24) is 0 Å². The van der Waals surface area contributed by atoms with Gasteiger partial charge in [0.15, 0.2) is 0 Å². The van der Waals surface area contributed by atoms with E-state index in [1.165, 1.54) is 0 Å². The summed E-state index contributed by atoms with van der Waals surface area (Å²) in [6.07, 6.45) is 6.61. The zero-order valence-corrected chi connectivity index (χ0v) is 16.6. The molecule has 2 fully saturated rings. The first kappa shape index (κ1) is 18.9. The molecule has 0 bridgehead atoms. The van der Waals surface area contributed by atoms with Crippen LogP contribution >= 0.6 is 32.1 Å². The Morgan fingerprint density at radius 1 is 1.50 bits per heavy atom. The van der Waals surface area contributed by atoms with Gasteiger partial charge in [0.05, 0.1) is 30.7 Å². The molecule has 2 rings (SSSR count). The average Bonchev–Trinajstić information content (AvgIpc) is 2.85. The van der Waals surface area contributed by atoms with Crippen molar-refractivity contribution < 1.29 is 19.1 Å². The summed E-state index contributed by atoms with van der Waals surface area (Å²) in [5, 5.41) is 9.53. The molecule has 22 heavy (non-hydrogen) atoms. The summed E-state index contributed by atoms with van der Waals surface area (Å²) in [6.45, 7) is 6.40. The maximum Gasteiger partial charge on any atom is 0.106 e. The number of allylic oxidation sites excluding steroid dienone is 1. The summed E-state index contributed by atoms with van der Waals surface area (Å²) in [7, 11) is 2.30. The Morgan fingerprint density at radius 3 is 2.91 bits per heavy atom. The van der Waals surface area contributed by atoms with Crippen molar-refractivity contribution in [2.75, 3.05) is 11.0 Å². The highest BCUT2D eigenvalue weighted by Gasteiger charge is 2.52. The highest BCUT2D eigenvalue weighted by molar-refractivity contribution is 14.1. The molecule has 2 aliphatic heterocycles. The van der Waals surface area contributed by atoms with E-state index in [0.29, 0.717) is 0 Å². The molecule has 1 unspecified atom stereocenters. The lowest BCUT2D eigenvalue weighted by molar-refractivity contribution is -0.156. The topological polar surface area (TPSA) is 47.9 Å². The van der Waals surface area contributed by atoms with Gasteiger partial charge >= 0.3 is 0 Å². The zero-order chi connectivity index (χ0) is 16.2. The van der Waals surface area contributed by atoms with Crippen LogP contribution in [0.2, 0.25) is 0 Å². The van der Waals surface area contributed by atoms with Crippen LogP contribution in [0.15, 0.2) is 12.3 Å². The van der Waals surface area contributed by atoms with Gasteiger partial charge in [0.2, 0.25) is 0 Å². The van der Waals surface area contributed by atoms with E-state index < -0.39 is 0 Å². The van der Waals surface area contributed by atoms with Crippen molar-refractivity contribution in [2.45, 2.75) is 69.4 Å². The second kappa shape index (κ2) is 8.61. The quantitative estimate of drug-likeness (QED) is 0.202. The lowest BCUT2D eigenvalue weighted by Crippen LogP contribution is -2.50. The normalized spacial score (nSPS) is 36.0. The Balaban J connectivity index is 1.92. The van der Waals surface area contributed by atoms with Crippen molar-refractivity contribution in [3.05, 3.63) is 12.3 Å².